The number of alkyl halides is 1. The Morgan fingerprint density at radius 3 is 2.33 bits per heavy atom. The second-order valence-electron chi connectivity index (χ2n) is 6.95. The van der Waals surface area contributed by atoms with E-state index in [-0.39, 0.29) is 0 Å². The van der Waals surface area contributed by atoms with Crippen LogP contribution in [0.5, 0.6) is 0 Å². The minimum absolute atomic E-state index is 0.561. The fraction of sp³-hybridized carbons (Fsp3) is 0.800. The maximum Gasteiger partial charge on any atom is 0.181 e. The van der Waals surface area contributed by atoms with Gasteiger partial charge in [-0.2, -0.15) is 0 Å². The minimum atomic E-state index is 0.561. The van der Waals surface area contributed by atoms with Crippen molar-refractivity contribution in [2.24, 2.45) is 23.2 Å². The summed E-state index contributed by atoms with van der Waals surface area (Å²) >= 11 is 3.52. The summed E-state index contributed by atoms with van der Waals surface area (Å²) in [5.41, 5.74) is 1.68. The molecule has 0 atom stereocenters. The molecule has 4 aliphatic rings. The number of aromatic nitrogens is 1. The van der Waals surface area contributed by atoms with E-state index in [1.807, 2.05) is 0 Å². The van der Waals surface area contributed by atoms with E-state index >= 15 is 0 Å². The van der Waals surface area contributed by atoms with Crippen LogP contribution in [0.4, 0.5) is 0 Å². The van der Waals surface area contributed by atoms with Crippen molar-refractivity contribution in [1.29, 1.82) is 0 Å². The Balaban J connectivity index is 1.61. The molecule has 1 heterocycles. The van der Waals surface area contributed by atoms with Gasteiger partial charge in [0.05, 0.1) is 5.69 Å². The molecule has 98 valence electrons. The molecule has 0 N–H and O–H groups in total. The molecular weight excluding hydrogens is 290 g/mol. The summed E-state index contributed by atoms with van der Waals surface area (Å²) in [6, 6.07) is 0. The van der Waals surface area contributed by atoms with Gasteiger partial charge in [-0.25, -0.2) is 4.98 Å². The van der Waals surface area contributed by atoms with Crippen molar-refractivity contribution in [3.05, 3.63) is 17.8 Å². The summed E-state index contributed by atoms with van der Waals surface area (Å²) < 4.78 is 5.65. The summed E-state index contributed by atoms with van der Waals surface area (Å²) in [5.74, 6) is 4.21. The summed E-state index contributed by atoms with van der Waals surface area (Å²) in [6.07, 6.45) is 11.6. The average molecular weight is 310 g/mol. The lowest BCUT2D eigenvalue weighted by Crippen LogP contribution is -2.47. The molecule has 1 aromatic heterocycles. The second kappa shape index (κ2) is 4.09. The van der Waals surface area contributed by atoms with Gasteiger partial charge in [0.15, 0.2) is 6.39 Å². The molecule has 18 heavy (non-hydrogen) atoms. The van der Waals surface area contributed by atoms with Crippen molar-refractivity contribution in [3.63, 3.8) is 0 Å². The first-order chi connectivity index (χ1) is 8.76. The smallest absolute Gasteiger partial charge is 0.181 e. The molecule has 4 bridgehead atoms. The molecule has 4 aliphatic carbocycles. The summed E-state index contributed by atoms with van der Waals surface area (Å²) in [6.45, 7) is 0. The van der Waals surface area contributed by atoms with E-state index in [0.717, 1.165) is 41.0 Å². The van der Waals surface area contributed by atoms with Crippen molar-refractivity contribution in [3.8, 4) is 0 Å². The van der Waals surface area contributed by atoms with E-state index in [0.29, 0.717) is 5.41 Å². The zero-order valence-electron chi connectivity index (χ0n) is 10.7. The number of hydrogen-bond acceptors (Lipinski definition) is 2. The highest BCUT2D eigenvalue weighted by Gasteiger charge is 2.51. The van der Waals surface area contributed by atoms with Crippen LogP contribution in [-0.4, -0.2) is 4.98 Å². The maximum atomic E-state index is 5.65. The Morgan fingerprint density at radius 2 is 1.78 bits per heavy atom. The van der Waals surface area contributed by atoms with Crippen LogP contribution in [0.2, 0.25) is 0 Å². The Bertz CT molecular complexity index is 418. The molecule has 0 saturated heterocycles. The number of halogens is 1. The van der Waals surface area contributed by atoms with Crippen LogP contribution in [0, 0.1) is 23.2 Å². The van der Waals surface area contributed by atoms with Gasteiger partial charge in [0.2, 0.25) is 0 Å². The fourth-order valence-electron chi connectivity index (χ4n) is 5.39. The average Bonchev–Trinajstić information content (AvgIpc) is 2.73. The van der Waals surface area contributed by atoms with Gasteiger partial charge < -0.3 is 4.42 Å². The Morgan fingerprint density at radius 1 is 1.17 bits per heavy atom. The van der Waals surface area contributed by atoms with Crippen molar-refractivity contribution in [1.82, 2.24) is 4.98 Å². The third-order valence-electron chi connectivity index (χ3n) is 5.55. The maximum absolute atomic E-state index is 5.65. The molecule has 0 amide bonds. The van der Waals surface area contributed by atoms with E-state index in [9.17, 15) is 0 Å². The van der Waals surface area contributed by atoms with Gasteiger partial charge in [-0.15, -0.1) is 0 Å². The van der Waals surface area contributed by atoms with E-state index < -0.39 is 0 Å². The molecule has 4 fully saturated rings. The lowest BCUT2D eigenvalue weighted by Gasteiger charge is -2.56. The predicted octanol–water partition coefficient (Wildman–Crippen LogP) is 4.33. The Hall–Kier alpha value is -0.310. The molecule has 1 aromatic rings. The number of rotatable bonds is 3. The molecule has 0 aromatic carbocycles. The molecule has 0 unspecified atom stereocenters. The van der Waals surface area contributed by atoms with Gasteiger partial charge in [-0.1, -0.05) is 15.9 Å². The van der Waals surface area contributed by atoms with Crippen LogP contribution in [-0.2, 0) is 11.8 Å². The molecular formula is C15H20BrNO. The number of oxazole rings is 1. The van der Waals surface area contributed by atoms with E-state index in [2.05, 4.69) is 20.9 Å². The highest BCUT2D eigenvalue weighted by atomic mass is 79.9. The zero-order chi connectivity index (χ0) is 12.2. The van der Waals surface area contributed by atoms with Crippen LogP contribution in [0.15, 0.2) is 10.8 Å². The Kier molecular flexibility index (Phi) is 2.62. The SMILES string of the molecule is BrCc1ncoc1CC12CC3CC(CC(C3)C1)C2. The molecule has 3 heteroatoms. The van der Waals surface area contributed by atoms with Crippen LogP contribution < -0.4 is 0 Å². The van der Waals surface area contributed by atoms with Gasteiger partial charge in [-0.3, -0.25) is 0 Å². The molecule has 5 rings (SSSR count). The van der Waals surface area contributed by atoms with Crippen molar-refractivity contribution in [2.45, 2.75) is 50.3 Å². The van der Waals surface area contributed by atoms with Gasteiger partial charge >= 0.3 is 0 Å². The second-order valence-corrected chi connectivity index (χ2v) is 7.51. The van der Waals surface area contributed by atoms with E-state index in [1.54, 1.807) is 6.39 Å². The molecule has 2 nitrogen and oxygen atoms in total. The summed E-state index contributed by atoms with van der Waals surface area (Å²) in [5, 5.41) is 0.825. The van der Waals surface area contributed by atoms with Crippen molar-refractivity contribution >= 4 is 15.9 Å². The lowest BCUT2D eigenvalue weighted by atomic mass is 9.48. The molecule has 4 saturated carbocycles. The van der Waals surface area contributed by atoms with Crippen LogP contribution >= 0.6 is 15.9 Å². The monoisotopic (exact) mass is 309 g/mol. The molecule has 0 aliphatic heterocycles. The van der Waals surface area contributed by atoms with Crippen LogP contribution in [0.3, 0.4) is 0 Å². The predicted molar refractivity (Wildman–Crippen MR) is 73.4 cm³/mol. The minimum Gasteiger partial charge on any atom is -0.448 e. The first-order valence-electron chi connectivity index (χ1n) is 7.23. The number of hydrogen-bond donors (Lipinski definition) is 0. The summed E-state index contributed by atoms with van der Waals surface area (Å²) in [4.78, 5) is 4.32. The van der Waals surface area contributed by atoms with E-state index in [4.69, 9.17) is 4.42 Å². The van der Waals surface area contributed by atoms with Crippen LogP contribution in [0.25, 0.3) is 0 Å². The topological polar surface area (TPSA) is 26.0 Å². The first-order valence-corrected chi connectivity index (χ1v) is 8.36. The van der Waals surface area contributed by atoms with Crippen molar-refractivity contribution < 1.29 is 4.42 Å². The summed E-state index contributed by atoms with van der Waals surface area (Å²) in [7, 11) is 0. The van der Waals surface area contributed by atoms with Crippen LogP contribution in [0.1, 0.15) is 50.0 Å². The number of nitrogens with zero attached hydrogens (tertiary/aromatic N) is 1. The van der Waals surface area contributed by atoms with Gasteiger partial charge in [0.1, 0.15) is 5.76 Å². The van der Waals surface area contributed by atoms with Gasteiger partial charge in [0, 0.05) is 11.8 Å². The zero-order valence-corrected chi connectivity index (χ0v) is 12.3. The van der Waals surface area contributed by atoms with Gasteiger partial charge in [-0.05, 0) is 61.7 Å². The van der Waals surface area contributed by atoms with Gasteiger partial charge in [0.25, 0.3) is 0 Å². The molecule has 0 radical (unpaired) electrons. The standard InChI is InChI=1S/C15H20BrNO/c16-8-13-14(18-9-17-13)7-15-4-10-1-11(5-15)3-12(2-10)6-15/h9-12H,1-8H2. The molecule has 0 spiro atoms. The first kappa shape index (κ1) is 11.5. The lowest BCUT2D eigenvalue weighted by molar-refractivity contribution is -0.0545. The third kappa shape index (κ3) is 1.77. The third-order valence-corrected chi connectivity index (χ3v) is 6.08. The quantitative estimate of drug-likeness (QED) is 0.777. The van der Waals surface area contributed by atoms with Crippen molar-refractivity contribution in [2.75, 3.05) is 0 Å². The largest absolute Gasteiger partial charge is 0.448 e. The highest BCUT2D eigenvalue weighted by molar-refractivity contribution is 9.08. The normalized spacial score (nSPS) is 41.5. The highest BCUT2D eigenvalue weighted by Crippen LogP contribution is 2.61. The fourth-order valence-corrected chi connectivity index (χ4v) is 5.85. The van der Waals surface area contributed by atoms with E-state index in [1.165, 1.54) is 38.5 Å². The Labute approximate surface area is 117 Å².